The Hall–Kier alpha value is -0.570. The molecule has 0 spiro atoms. The highest BCUT2D eigenvalue weighted by atomic mass is 16.5. The fourth-order valence-electron chi connectivity index (χ4n) is 2.57. The van der Waals surface area contributed by atoms with Crippen molar-refractivity contribution in [2.45, 2.75) is 59.0 Å². The molecule has 0 aliphatic carbocycles. The van der Waals surface area contributed by atoms with Gasteiger partial charge in [0.25, 0.3) is 0 Å². The van der Waals surface area contributed by atoms with Crippen molar-refractivity contribution in [1.29, 1.82) is 0 Å². The van der Waals surface area contributed by atoms with E-state index in [2.05, 4.69) is 27.7 Å². The lowest BCUT2D eigenvalue weighted by molar-refractivity contribution is -0.145. The molecule has 1 saturated heterocycles. The Morgan fingerprint density at radius 2 is 1.88 bits per heavy atom. The van der Waals surface area contributed by atoms with Crippen molar-refractivity contribution < 1.29 is 9.53 Å². The number of ether oxygens (including phenoxy) is 1. The van der Waals surface area contributed by atoms with Gasteiger partial charge in [-0.15, -0.1) is 0 Å². The molecule has 0 radical (unpaired) electrons. The van der Waals surface area contributed by atoms with Gasteiger partial charge in [-0.1, -0.05) is 13.8 Å². The van der Waals surface area contributed by atoms with E-state index in [9.17, 15) is 4.79 Å². The molecule has 0 saturated carbocycles. The molecule has 17 heavy (non-hydrogen) atoms. The van der Waals surface area contributed by atoms with Crippen molar-refractivity contribution >= 4 is 5.91 Å². The summed E-state index contributed by atoms with van der Waals surface area (Å²) >= 11 is 0. The summed E-state index contributed by atoms with van der Waals surface area (Å²) in [6.45, 7) is 10.9. The lowest BCUT2D eigenvalue weighted by Crippen LogP contribution is -2.44. The van der Waals surface area contributed by atoms with E-state index in [-0.39, 0.29) is 11.5 Å². The van der Waals surface area contributed by atoms with Gasteiger partial charge in [0.2, 0.25) is 5.91 Å². The van der Waals surface area contributed by atoms with Gasteiger partial charge < -0.3 is 9.64 Å². The number of hydrogen-bond donors (Lipinski definition) is 0. The maximum Gasteiger partial charge on any atom is 0.225 e. The highest BCUT2D eigenvalue weighted by Gasteiger charge is 2.34. The van der Waals surface area contributed by atoms with Gasteiger partial charge >= 0.3 is 0 Å². The Kier molecular flexibility index (Phi) is 5.44. The molecule has 1 heterocycles. The van der Waals surface area contributed by atoms with E-state index in [1.807, 2.05) is 4.90 Å². The van der Waals surface area contributed by atoms with E-state index < -0.39 is 0 Å². The van der Waals surface area contributed by atoms with Crippen LogP contribution in [-0.4, -0.2) is 36.1 Å². The molecule has 100 valence electrons. The van der Waals surface area contributed by atoms with Crippen LogP contribution in [0.1, 0.15) is 53.4 Å². The monoisotopic (exact) mass is 241 g/mol. The van der Waals surface area contributed by atoms with E-state index in [1.165, 1.54) is 0 Å². The molecule has 1 amide bonds. The molecular formula is C14H27NO2. The lowest BCUT2D eigenvalue weighted by Gasteiger charge is -2.37. The van der Waals surface area contributed by atoms with Gasteiger partial charge in [-0.05, 0) is 39.5 Å². The summed E-state index contributed by atoms with van der Waals surface area (Å²) in [5, 5.41) is 0. The third-order valence-corrected chi connectivity index (χ3v) is 3.35. The van der Waals surface area contributed by atoms with E-state index in [0.29, 0.717) is 5.91 Å². The molecule has 1 fully saturated rings. The molecule has 0 N–H and O–H groups in total. The second-order valence-corrected chi connectivity index (χ2v) is 5.62. The van der Waals surface area contributed by atoms with Gasteiger partial charge in [0.15, 0.2) is 0 Å². The molecule has 1 rings (SSSR count). The van der Waals surface area contributed by atoms with Crippen molar-refractivity contribution in [3.05, 3.63) is 0 Å². The summed E-state index contributed by atoms with van der Waals surface area (Å²) in [6.07, 6.45) is 3.82. The molecule has 0 aromatic rings. The summed E-state index contributed by atoms with van der Waals surface area (Å²) in [6, 6.07) is 0. The Morgan fingerprint density at radius 1 is 1.29 bits per heavy atom. The third kappa shape index (κ3) is 4.30. The highest BCUT2D eigenvalue weighted by Crippen LogP contribution is 2.29. The van der Waals surface area contributed by atoms with Crippen molar-refractivity contribution in [2.75, 3.05) is 19.7 Å². The number of hydrogen-bond acceptors (Lipinski definition) is 2. The normalized spacial score (nSPS) is 23.4. The van der Waals surface area contributed by atoms with Crippen LogP contribution < -0.4 is 0 Å². The standard InChI is InChI=1S/C14H27NO2/c1-5-8-15(9-6-2)13(16)12-7-10-17-14(3,4)11-12/h12H,5-11H2,1-4H3/t12-/m1/s1. The molecule has 3 nitrogen and oxygen atoms in total. The summed E-state index contributed by atoms with van der Waals surface area (Å²) < 4.78 is 5.67. The van der Waals surface area contributed by atoms with Gasteiger partial charge in [-0.25, -0.2) is 0 Å². The van der Waals surface area contributed by atoms with Crippen LogP contribution in [0.5, 0.6) is 0 Å². The van der Waals surface area contributed by atoms with Crippen LogP contribution in [0.2, 0.25) is 0 Å². The smallest absolute Gasteiger partial charge is 0.225 e. The topological polar surface area (TPSA) is 29.5 Å². The first-order chi connectivity index (χ1) is 8.00. The second kappa shape index (κ2) is 6.39. The van der Waals surface area contributed by atoms with E-state index >= 15 is 0 Å². The minimum Gasteiger partial charge on any atom is -0.376 e. The zero-order valence-corrected chi connectivity index (χ0v) is 11.8. The van der Waals surface area contributed by atoms with Gasteiger partial charge in [-0.2, -0.15) is 0 Å². The van der Waals surface area contributed by atoms with Gasteiger partial charge in [0, 0.05) is 25.6 Å². The van der Waals surface area contributed by atoms with Crippen molar-refractivity contribution in [3.63, 3.8) is 0 Å². The Balaban J connectivity index is 2.59. The minimum absolute atomic E-state index is 0.136. The predicted molar refractivity (Wildman–Crippen MR) is 69.9 cm³/mol. The van der Waals surface area contributed by atoms with E-state index in [0.717, 1.165) is 45.4 Å². The number of nitrogens with zero attached hydrogens (tertiary/aromatic N) is 1. The lowest BCUT2D eigenvalue weighted by atomic mass is 9.87. The SMILES string of the molecule is CCCN(CCC)C(=O)[C@@H]1CCOC(C)(C)C1. The molecule has 1 aliphatic rings. The quantitative estimate of drug-likeness (QED) is 0.740. The van der Waals surface area contributed by atoms with Crippen molar-refractivity contribution in [3.8, 4) is 0 Å². The number of carbonyl (C=O) groups is 1. The van der Waals surface area contributed by atoms with Gasteiger partial charge in [0.1, 0.15) is 0 Å². The summed E-state index contributed by atoms with van der Waals surface area (Å²) in [5.74, 6) is 0.502. The Labute approximate surface area is 106 Å². The van der Waals surface area contributed by atoms with Crippen LogP contribution in [-0.2, 0) is 9.53 Å². The van der Waals surface area contributed by atoms with Crippen LogP contribution in [0.15, 0.2) is 0 Å². The van der Waals surface area contributed by atoms with Crippen molar-refractivity contribution in [2.24, 2.45) is 5.92 Å². The fraction of sp³-hybridized carbons (Fsp3) is 0.929. The molecule has 3 heteroatoms. The van der Waals surface area contributed by atoms with Gasteiger partial charge in [0.05, 0.1) is 5.60 Å². The van der Waals surface area contributed by atoms with E-state index in [1.54, 1.807) is 0 Å². The maximum absolute atomic E-state index is 12.4. The number of rotatable bonds is 5. The van der Waals surface area contributed by atoms with Crippen LogP contribution >= 0.6 is 0 Å². The Bertz CT molecular complexity index is 245. The average Bonchev–Trinajstić information content (AvgIpc) is 2.26. The zero-order chi connectivity index (χ0) is 12.9. The van der Waals surface area contributed by atoms with Crippen LogP contribution in [0.4, 0.5) is 0 Å². The minimum atomic E-state index is -0.136. The summed E-state index contributed by atoms with van der Waals surface area (Å²) in [5.41, 5.74) is -0.136. The molecular weight excluding hydrogens is 214 g/mol. The molecule has 0 bridgehead atoms. The third-order valence-electron chi connectivity index (χ3n) is 3.35. The first kappa shape index (κ1) is 14.5. The van der Waals surface area contributed by atoms with Crippen LogP contribution in [0.3, 0.4) is 0 Å². The second-order valence-electron chi connectivity index (χ2n) is 5.62. The zero-order valence-electron chi connectivity index (χ0n) is 11.8. The number of carbonyl (C=O) groups excluding carboxylic acids is 1. The van der Waals surface area contributed by atoms with Crippen molar-refractivity contribution in [1.82, 2.24) is 4.90 Å². The molecule has 1 atom stereocenters. The summed E-state index contributed by atoms with van der Waals surface area (Å²) in [4.78, 5) is 14.5. The maximum atomic E-state index is 12.4. The first-order valence-electron chi connectivity index (χ1n) is 6.93. The molecule has 1 aliphatic heterocycles. The largest absolute Gasteiger partial charge is 0.376 e. The number of amides is 1. The average molecular weight is 241 g/mol. The molecule has 0 aromatic carbocycles. The van der Waals surface area contributed by atoms with Gasteiger partial charge in [-0.3, -0.25) is 4.79 Å². The van der Waals surface area contributed by atoms with Crippen LogP contribution in [0, 0.1) is 5.92 Å². The predicted octanol–water partition coefficient (Wildman–Crippen LogP) is 2.84. The first-order valence-corrected chi connectivity index (χ1v) is 6.93. The highest BCUT2D eigenvalue weighted by molar-refractivity contribution is 5.79. The van der Waals surface area contributed by atoms with E-state index in [4.69, 9.17) is 4.74 Å². The van der Waals surface area contributed by atoms with Crippen LogP contribution in [0.25, 0.3) is 0 Å². The molecule has 0 aromatic heterocycles. The fourth-order valence-corrected chi connectivity index (χ4v) is 2.57. The Morgan fingerprint density at radius 3 is 2.35 bits per heavy atom. The molecule has 0 unspecified atom stereocenters. The summed E-state index contributed by atoms with van der Waals surface area (Å²) in [7, 11) is 0.